The Morgan fingerprint density at radius 3 is 2.55 bits per heavy atom. The first-order valence-corrected chi connectivity index (χ1v) is 8.25. The van der Waals surface area contributed by atoms with E-state index in [-0.39, 0.29) is 5.91 Å². The van der Waals surface area contributed by atoms with Gasteiger partial charge in [-0.3, -0.25) is 4.79 Å². The average Bonchev–Trinajstić information content (AvgIpc) is 2.77. The molecule has 1 heterocycles. The van der Waals surface area contributed by atoms with Crippen molar-refractivity contribution in [2.75, 3.05) is 32.1 Å². The van der Waals surface area contributed by atoms with Crippen LogP contribution in [0.5, 0.6) is 11.5 Å². The molecular formula is C17H21NO3S. The maximum atomic E-state index is 12.2. The maximum absolute atomic E-state index is 12.2. The Bertz CT molecular complexity index is 535. The topological polar surface area (TPSA) is 38.8 Å². The number of carbonyl (C=O) groups excluding carboxylic acids is 1. The number of carbonyl (C=O) groups is 1. The lowest BCUT2D eigenvalue weighted by molar-refractivity contribution is -0.127. The fourth-order valence-electron chi connectivity index (χ4n) is 2.06. The fourth-order valence-corrected chi connectivity index (χ4v) is 2.89. The third kappa shape index (κ3) is 4.56. The van der Waals surface area contributed by atoms with E-state index in [0.29, 0.717) is 32.1 Å². The predicted octanol–water partition coefficient (Wildman–Crippen LogP) is 3.14. The first-order valence-electron chi connectivity index (χ1n) is 7.26. The van der Waals surface area contributed by atoms with Crippen molar-refractivity contribution in [3.63, 3.8) is 0 Å². The van der Waals surface area contributed by atoms with Crippen LogP contribution in [0.3, 0.4) is 0 Å². The van der Waals surface area contributed by atoms with Crippen LogP contribution in [0.1, 0.15) is 6.42 Å². The fraction of sp³-hybridized carbons (Fsp3) is 0.353. The molecule has 0 spiro atoms. The molecule has 1 amide bonds. The summed E-state index contributed by atoms with van der Waals surface area (Å²) in [4.78, 5) is 14.9. The number of ether oxygens (including phenoxy) is 2. The molecular weight excluding hydrogens is 298 g/mol. The predicted molar refractivity (Wildman–Crippen MR) is 89.7 cm³/mol. The minimum atomic E-state index is 0.0666. The van der Waals surface area contributed by atoms with Gasteiger partial charge in [-0.2, -0.15) is 0 Å². The number of hydrogen-bond acceptors (Lipinski definition) is 4. The second-order valence-electron chi connectivity index (χ2n) is 4.82. The highest BCUT2D eigenvalue weighted by atomic mass is 32.2. The summed E-state index contributed by atoms with van der Waals surface area (Å²) in [6.07, 6.45) is 4.33. The van der Waals surface area contributed by atoms with Crippen molar-refractivity contribution in [3.8, 4) is 11.5 Å². The van der Waals surface area contributed by atoms with Crippen molar-refractivity contribution in [3.05, 3.63) is 43.5 Å². The van der Waals surface area contributed by atoms with Gasteiger partial charge in [-0.05, 0) is 18.2 Å². The minimum Gasteiger partial charge on any atom is -0.490 e. The lowest BCUT2D eigenvalue weighted by Crippen LogP contribution is -2.32. The van der Waals surface area contributed by atoms with Gasteiger partial charge >= 0.3 is 0 Å². The van der Waals surface area contributed by atoms with Gasteiger partial charge in [-0.15, -0.1) is 24.9 Å². The van der Waals surface area contributed by atoms with E-state index in [9.17, 15) is 4.79 Å². The van der Waals surface area contributed by atoms with Gasteiger partial charge in [0.25, 0.3) is 0 Å². The van der Waals surface area contributed by atoms with Crippen LogP contribution >= 0.6 is 11.8 Å². The molecule has 118 valence electrons. The summed E-state index contributed by atoms with van der Waals surface area (Å²) in [6, 6.07) is 5.79. The molecule has 22 heavy (non-hydrogen) atoms. The zero-order valence-corrected chi connectivity index (χ0v) is 13.4. The normalized spacial score (nSPS) is 13.1. The Morgan fingerprint density at radius 1 is 1.18 bits per heavy atom. The molecule has 0 aliphatic carbocycles. The molecule has 2 rings (SSSR count). The molecule has 0 atom stereocenters. The Balaban J connectivity index is 1.96. The van der Waals surface area contributed by atoms with Gasteiger partial charge in [0, 0.05) is 24.4 Å². The molecule has 0 saturated carbocycles. The largest absolute Gasteiger partial charge is 0.490 e. The molecule has 0 saturated heterocycles. The van der Waals surface area contributed by atoms with Crippen LogP contribution < -0.4 is 9.47 Å². The molecule has 1 aliphatic rings. The Labute approximate surface area is 135 Å². The van der Waals surface area contributed by atoms with Gasteiger partial charge < -0.3 is 14.4 Å². The number of amides is 1. The minimum absolute atomic E-state index is 0.0666. The van der Waals surface area contributed by atoms with Crippen molar-refractivity contribution < 1.29 is 14.3 Å². The summed E-state index contributed by atoms with van der Waals surface area (Å²) in [7, 11) is 0. The highest BCUT2D eigenvalue weighted by Crippen LogP contribution is 2.33. The van der Waals surface area contributed by atoms with E-state index in [1.807, 2.05) is 18.2 Å². The Morgan fingerprint density at radius 2 is 1.86 bits per heavy atom. The van der Waals surface area contributed by atoms with E-state index in [1.165, 1.54) is 11.8 Å². The molecule has 0 fully saturated rings. The molecule has 0 bridgehead atoms. The average molecular weight is 319 g/mol. The van der Waals surface area contributed by atoms with Crippen LogP contribution in [0.25, 0.3) is 0 Å². The van der Waals surface area contributed by atoms with Gasteiger partial charge in [0.05, 0.1) is 19.0 Å². The molecule has 1 aromatic rings. The molecule has 1 aliphatic heterocycles. The summed E-state index contributed by atoms with van der Waals surface area (Å²) >= 11 is 1.49. The number of thioether (sulfide) groups is 1. The van der Waals surface area contributed by atoms with Gasteiger partial charge in [-0.25, -0.2) is 0 Å². The molecule has 0 N–H and O–H groups in total. The second kappa shape index (κ2) is 8.54. The highest BCUT2D eigenvalue weighted by Gasteiger charge is 2.14. The first-order chi connectivity index (χ1) is 10.7. The number of hydrogen-bond donors (Lipinski definition) is 0. The van der Waals surface area contributed by atoms with Crippen molar-refractivity contribution in [2.24, 2.45) is 0 Å². The van der Waals surface area contributed by atoms with Crippen molar-refractivity contribution in [1.29, 1.82) is 0 Å². The first kappa shape index (κ1) is 16.5. The zero-order chi connectivity index (χ0) is 15.8. The van der Waals surface area contributed by atoms with Crippen molar-refractivity contribution >= 4 is 17.7 Å². The van der Waals surface area contributed by atoms with E-state index in [4.69, 9.17) is 9.47 Å². The van der Waals surface area contributed by atoms with Gasteiger partial charge in [0.1, 0.15) is 0 Å². The summed E-state index contributed by atoms with van der Waals surface area (Å²) in [5, 5.41) is 0. The Kier molecular flexibility index (Phi) is 6.40. The van der Waals surface area contributed by atoms with E-state index in [2.05, 4.69) is 13.2 Å². The van der Waals surface area contributed by atoms with Crippen LogP contribution in [0, 0.1) is 0 Å². The van der Waals surface area contributed by atoms with Crippen LogP contribution in [0.4, 0.5) is 0 Å². The second-order valence-corrected chi connectivity index (χ2v) is 5.87. The number of fused-ring (bicyclic) bond motifs is 1. The number of benzene rings is 1. The summed E-state index contributed by atoms with van der Waals surface area (Å²) in [5.74, 6) is 1.97. The van der Waals surface area contributed by atoms with Crippen LogP contribution in [0.15, 0.2) is 48.4 Å². The van der Waals surface area contributed by atoms with E-state index >= 15 is 0 Å². The van der Waals surface area contributed by atoms with Gasteiger partial charge in [0.15, 0.2) is 11.5 Å². The van der Waals surface area contributed by atoms with E-state index in [1.54, 1.807) is 17.1 Å². The van der Waals surface area contributed by atoms with Crippen molar-refractivity contribution in [2.45, 2.75) is 11.3 Å². The number of rotatable bonds is 7. The summed E-state index contributed by atoms with van der Waals surface area (Å²) < 4.78 is 11.3. The zero-order valence-electron chi connectivity index (χ0n) is 12.6. The molecule has 5 heteroatoms. The molecule has 0 unspecified atom stereocenters. The third-order valence-electron chi connectivity index (χ3n) is 3.13. The van der Waals surface area contributed by atoms with Crippen LogP contribution in [0.2, 0.25) is 0 Å². The smallest absolute Gasteiger partial charge is 0.233 e. The summed E-state index contributed by atoms with van der Waals surface area (Å²) in [5.41, 5.74) is 0. The molecule has 0 radical (unpaired) electrons. The SMILES string of the molecule is C=CCN(CC=C)C(=O)CSc1ccc2c(c1)OCCCO2. The van der Waals surface area contributed by atoms with Crippen LogP contribution in [-0.2, 0) is 4.79 Å². The monoisotopic (exact) mass is 319 g/mol. The quantitative estimate of drug-likeness (QED) is 0.572. The Hall–Kier alpha value is -1.88. The highest BCUT2D eigenvalue weighted by molar-refractivity contribution is 8.00. The molecule has 1 aromatic carbocycles. The lowest BCUT2D eigenvalue weighted by Gasteiger charge is -2.19. The van der Waals surface area contributed by atoms with Crippen LogP contribution in [-0.4, -0.2) is 42.9 Å². The lowest BCUT2D eigenvalue weighted by atomic mass is 10.3. The standard InChI is InChI=1S/C17H21NO3S/c1-3-8-18(9-4-2)17(19)13-22-14-6-7-15-16(12-14)21-11-5-10-20-15/h3-4,6-7,12H,1-2,5,8-11,13H2. The van der Waals surface area contributed by atoms with E-state index < -0.39 is 0 Å². The van der Waals surface area contributed by atoms with E-state index in [0.717, 1.165) is 22.8 Å². The van der Waals surface area contributed by atoms with Crippen molar-refractivity contribution in [1.82, 2.24) is 4.90 Å². The summed E-state index contributed by atoms with van der Waals surface area (Å²) in [6.45, 7) is 9.75. The maximum Gasteiger partial charge on any atom is 0.233 e. The number of nitrogens with zero attached hydrogens (tertiary/aromatic N) is 1. The molecule has 4 nitrogen and oxygen atoms in total. The molecule has 0 aromatic heterocycles. The van der Waals surface area contributed by atoms with Gasteiger partial charge in [0.2, 0.25) is 5.91 Å². The third-order valence-corrected chi connectivity index (χ3v) is 4.11. The van der Waals surface area contributed by atoms with Gasteiger partial charge in [-0.1, -0.05) is 12.2 Å².